The highest BCUT2D eigenvalue weighted by molar-refractivity contribution is 8.21. The van der Waals surface area contributed by atoms with Gasteiger partial charge in [-0.2, -0.15) is 0 Å². The van der Waals surface area contributed by atoms with Crippen LogP contribution in [-0.2, 0) is 0 Å². The second-order valence-electron chi connectivity index (χ2n) is 1.69. The van der Waals surface area contributed by atoms with Crippen molar-refractivity contribution in [2.24, 2.45) is 0 Å². The van der Waals surface area contributed by atoms with E-state index in [2.05, 4.69) is 0 Å². The lowest BCUT2D eigenvalue weighted by Gasteiger charge is -1.97. The molecule has 0 spiro atoms. The van der Waals surface area contributed by atoms with Crippen molar-refractivity contribution in [1.82, 2.24) is 0 Å². The summed E-state index contributed by atoms with van der Waals surface area (Å²) in [5, 5.41) is 9.61. The van der Waals surface area contributed by atoms with Gasteiger partial charge < -0.3 is 5.11 Å². The summed E-state index contributed by atoms with van der Waals surface area (Å²) in [6.07, 6.45) is 0. The molecule has 0 unspecified atom stereocenters. The van der Waals surface area contributed by atoms with Crippen LogP contribution in [0.2, 0.25) is 5.02 Å². The van der Waals surface area contributed by atoms with Gasteiger partial charge in [-0.1, -0.05) is 11.6 Å². The summed E-state index contributed by atoms with van der Waals surface area (Å²) >= 11 is 5.56. The fraction of sp³-hybridized carbons (Fsp3) is 0. The first kappa shape index (κ1) is 8.05. The Morgan fingerprint density at radius 1 is 1.40 bits per heavy atom. The van der Waals surface area contributed by atoms with Crippen molar-refractivity contribution in [2.75, 3.05) is 0 Å². The number of benzene rings is 1. The van der Waals surface area contributed by atoms with Crippen LogP contribution in [0.25, 0.3) is 0 Å². The van der Waals surface area contributed by atoms with Crippen molar-refractivity contribution in [1.29, 1.82) is 0 Å². The normalized spacial score (nSPS) is 9.80. The Kier molecular flexibility index (Phi) is 2.72. The van der Waals surface area contributed by atoms with Gasteiger partial charge in [0, 0.05) is 5.02 Å². The number of phenols is 1. The third-order valence-electron chi connectivity index (χ3n) is 1.00. The number of aromatic hydroxyl groups is 1. The molecule has 0 saturated heterocycles. The Morgan fingerprint density at radius 3 is 2.60 bits per heavy atom. The highest BCUT2D eigenvalue weighted by atomic mass is 35.7. The zero-order chi connectivity index (χ0) is 7.56. The van der Waals surface area contributed by atoms with Gasteiger partial charge in [-0.15, -0.1) is 0 Å². The Hall–Kier alpha value is -0.0500. The summed E-state index contributed by atoms with van der Waals surface area (Å²) < 4.78 is 0. The number of phenolic OH excluding ortho intramolecular Hbond substituents is 1. The molecule has 0 fully saturated rings. The average molecular weight is 195 g/mol. The number of hydrogen-bond donors (Lipinski definition) is 1. The molecule has 0 aliphatic carbocycles. The van der Waals surface area contributed by atoms with E-state index in [-0.39, 0.29) is 5.75 Å². The second kappa shape index (κ2) is 3.37. The van der Waals surface area contributed by atoms with E-state index in [1.165, 1.54) is 6.07 Å². The molecule has 0 aliphatic heterocycles. The summed E-state index contributed by atoms with van der Waals surface area (Å²) in [4.78, 5) is 0.617. The van der Waals surface area contributed by atoms with Crippen LogP contribution in [0.5, 0.6) is 5.75 Å². The van der Waals surface area contributed by atoms with Gasteiger partial charge in [0.05, 0.1) is 4.90 Å². The van der Waals surface area contributed by atoms with Gasteiger partial charge >= 0.3 is 0 Å². The summed E-state index contributed by atoms with van der Waals surface area (Å²) in [6, 6.07) is 4.79. The first-order valence-electron chi connectivity index (χ1n) is 2.51. The lowest BCUT2D eigenvalue weighted by molar-refractivity contribution is 0.462. The quantitative estimate of drug-likeness (QED) is 0.741. The van der Waals surface area contributed by atoms with E-state index in [1.807, 2.05) is 0 Å². The van der Waals surface area contributed by atoms with E-state index in [0.717, 1.165) is 11.0 Å². The van der Waals surface area contributed by atoms with Crippen molar-refractivity contribution in [2.45, 2.75) is 4.90 Å². The molecule has 0 aromatic heterocycles. The maximum absolute atomic E-state index is 9.10. The fourth-order valence-electron chi connectivity index (χ4n) is 0.556. The molecule has 54 valence electrons. The Balaban J connectivity index is 3.07. The minimum atomic E-state index is 0.118. The van der Waals surface area contributed by atoms with E-state index < -0.39 is 0 Å². The summed E-state index contributed by atoms with van der Waals surface area (Å²) in [7, 11) is 6.37. The summed E-state index contributed by atoms with van der Waals surface area (Å²) in [6.45, 7) is 0. The van der Waals surface area contributed by atoms with Crippen LogP contribution < -0.4 is 0 Å². The minimum Gasteiger partial charge on any atom is -0.507 e. The zero-order valence-corrected chi connectivity index (χ0v) is 7.17. The van der Waals surface area contributed by atoms with Crippen molar-refractivity contribution >= 4 is 33.3 Å². The topological polar surface area (TPSA) is 20.2 Å². The van der Waals surface area contributed by atoms with Crippen LogP contribution in [0, 0.1) is 0 Å². The van der Waals surface area contributed by atoms with Gasteiger partial charge in [-0.05, 0) is 39.9 Å². The van der Waals surface area contributed by atoms with E-state index >= 15 is 0 Å². The molecule has 0 heterocycles. The van der Waals surface area contributed by atoms with Crippen molar-refractivity contribution in [3.05, 3.63) is 23.2 Å². The lowest BCUT2D eigenvalue weighted by atomic mass is 10.3. The molecule has 0 atom stereocenters. The molecule has 1 rings (SSSR count). The monoisotopic (exact) mass is 194 g/mol. The molecule has 0 radical (unpaired) electrons. The van der Waals surface area contributed by atoms with Gasteiger partial charge in [0.15, 0.2) is 0 Å². The Bertz CT molecular complexity index is 239. The van der Waals surface area contributed by atoms with Gasteiger partial charge in [0.1, 0.15) is 5.75 Å². The van der Waals surface area contributed by atoms with E-state index in [1.54, 1.807) is 12.1 Å². The second-order valence-corrected chi connectivity index (χ2v) is 3.18. The molecule has 1 aromatic rings. The summed E-state index contributed by atoms with van der Waals surface area (Å²) in [5.41, 5.74) is 0. The van der Waals surface area contributed by atoms with Crippen molar-refractivity contribution in [3.63, 3.8) is 0 Å². The van der Waals surface area contributed by atoms with Crippen molar-refractivity contribution in [3.8, 4) is 5.75 Å². The molecule has 1 nitrogen and oxygen atoms in total. The Labute approximate surface area is 72.5 Å². The molecule has 0 aliphatic rings. The standard InChI is InChI=1S/C6H4Cl2OS/c7-4-1-2-6(10-8)5(9)3-4/h1-3,9H. The van der Waals surface area contributed by atoms with Gasteiger partial charge in [-0.25, -0.2) is 0 Å². The highest BCUT2D eigenvalue weighted by Gasteiger charge is 1.99. The maximum Gasteiger partial charge on any atom is 0.131 e. The zero-order valence-electron chi connectivity index (χ0n) is 4.84. The fourth-order valence-corrected chi connectivity index (χ4v) is 1.37. The summed E-state index contributed by atoms with van der Waals surface area (Å²) in [5.74, 6) is 0.118. The van der Waals surface area contributed by atoms with Crippen LogP contribution in [0.15, 0.2) is 23.1 Å². The smallest absolute Gasteiger partial charge is 0.131 e. The molecular formula is C6H4Cl2OS. The maximum atomic E-state index is 9.10. The molecule has 10 heavy (non-hydrogen) atoms. The van der Waals surface area contributed by atoms with Crippen molar-refractivity contribution < 1.29 is 5.11 Å². The van der Waals surface area contributed by atoms with Crippen LogP contribution >= 0.6 is 33.3 Å². The predicted octanol–water partition coefficient (Wildman–Crippen LogP) is 3.29. The van der Waals surface area contributed by atoms with E-state index in [4.69, 9.17) is 27.4 Å². The molecule has 1 N–H and O–H groups in total. The average Bonchev–Trinajstić information content (AvgIpc) is 1.88. The lowest BCUT2D eigenvalue weighted by Crippen LogP contribution is -1.69. The van der Waals surface area contributed by atoms with Crippen LogP contribution in [0.4, 0.5) is 0 Å². The van der Waals surface area contributed by atoms with E-state index in [9.17, 15) is 0 Å². The molecular weight excluding hydrogens is 191 g/mol. The third-order valence-corrected chi connectivity index (χ3v) is 2.25. The van der Waals surface area contributed by atoms with Gasteiger partial charge in [-0.3, -0.25) is 0 Å². The molecule has 0 amide bonds. The Morgan fingerprint density at radius 2 is 2.10 bits per heavy atom. The minimum absolute atomic E-state index is 0.118. The van der Waals surface area contributed by atoms with Gasteiger partial charge in [0.2, 0.25) is 0 Å². The molecule has 4 heteroatoms. The SMILES string of the molecule is Oc1cc(Cl)ccc1SCl. The number of hydrogen-bond acceptors (Lipinski definition) is 2. The first-order chi connectivity index (χ1) is 4.74. The van der Waals surface area contributed by atoms with Crippen LogP contribution in [-0.4, -0.2) is 5.11 Å². The van der Waals surface area contributed by atoms with Gasteiger partial charge in [0.25, 0.3) is 0 Å². The number of rotatable bonds is 1. The molecule has 1 aromatic carbocycles. The molecule has 0 saturated carbocycles. The van der Waals surface area contributed by atoms with Crippen LogP contribution in [0.1, 0.15) is 0 Å². The first-order valence-corrected chi connectivity index (χ1v) is 4.53. The number of halogens is 2. The highest BCUT2D eigenvalue weighted by Crippen LogP contribution is 2.32. The van der Waals surface area contributed by atoms with Crippen LogP contribution in [0.3, 0.4) is 0 Å². The molecule has 0 bridgehead atoms. The third kappa shape index (κ3) is 1.72. The predicted molar refractivity (Wildman–Crippen MR) is 44.8 cm³/mol. The van der Waals surface area contributed by atoms with E-state index in [0.29, 0.717) is 9.92 Å². The largest absolute Gasteiger partial charge is 0.507 e.